The van der Waals surface area contributed by atoms with Gasteiger partial charge in [-0.1, -0.05) is 0 Å². The predicted octanol–water partition coefficient (Wildman–Crippen LogP) is 3.48. The zero-order chi connectivity index (χ0) is 16.3. The Morgan fingerprint density at radius 1 is 1.23 bits per heavy atom. The van der Waals surface area contributed by atoms with Crippen LogP contribution < -0.4 is 4.74 Å². The molecule has 1 fully saturated rings. The van der Waals surface area contributed by atoms with Gasteiger partial charge in [-0.15, -0.1) is 0 Å². The number of aromatic nitrogens is 1. The number of amides is 1. The van der Waals surface area contributed by atoms with Gasteiger partial charge in [-0.05, 0) is 46.2 Å². The lowest BCUT2D eigenvalue weighted by molar-refractivity contribution is 0.0123. The molecule has 1 aromatic rings. The molecule has 2 heterocycles. The molecule has 0 aromatic carbocycles. The Kier molecular flexibility index (Phi) is 4.94. The van der Waals surface area contributed by atoms with Crippen molar-refractivity contribution in [3.05, 3.63) is 23.4 Å². The summed E-state index contributed by atoms with van der Waals surface area (Å²) in [6, 6.07) is 3.98. The van der Waals surface area contributed by atoms with Crippen molar-refractivity contribution >= 4 is 6.09 Å². The molecule has 1 aliphatic rings. The maximum atomic E-state index is 12.0. The third-order valence-electron chi connectivity index (χ3n) is 3.46. The van der Waals surface area contributed by atoms with Crippen LogP contribution in [0.1, 0.15) is 44.9 Å². The molecule has 22 heavy (non-hydrogen) atoms. The molecule has 0 saturated carbocycles. The molecule has 0 unspecified atom stereocenters. The van der Waals surface area contributed by atoms with Crippen LogP contribution in [0.3, 0.4) is 0 Å². The van der Waals surface area contributed by atoms with Crippen molar-refractivity contribution in [3.63, 3.8) is 0 Å². The highest BCUT2D eigenvalue weighted by Gasteiger charge is 2.27. The summed E-state index contributed by atoms with van der Waals surface area (Å²) in [5.41, 5.74) is 1.66. The van der Waals surface area contributed by atoms with Crippen LogP contribution >= 0.6 is 0 Å². The number of piperidine rings is 1. The van der Waals surface area contributed by atoms with Crippen LogP contribution in [0.25, 0.3) is 0 Å². The monoisotopic (exact) mass is 306 g/mol. The van der Waals surface area contributed by atoms with Crippen LogP contribution in [0, 0.1) is 13.8 Å². The second-order valence-corrected chi connectivity index (χ2v) is 6.91. The smallest absolute Gasteiger partial charge is 0.410 e. The van der Waals surface area contributed by atoms with Gasteiger partial charge in [0.05, 0.1) is 0 Å². The molecule has 1 aromatic heterocycles. The summed E-state index contributed by atoms with van der Waals surface area (Å²) < 4.78 is 11.4. The van der Waals surface area contributed by atoms with Crippen LogP contribution in [0.5, 0.6) is 5.88 Å². The van der Waals surface area contributed by atoms with Crippen molar-refractivity contribution in [2.75, 3.05) is 13.1 Å². The summed E-state index contributed by atoms with van der Waals surface area (Å²) >= 11 is 0. The number of carbonyl (C=O) groups excluding carboxylic acids is 1. The number of nitrogens with zero attached hydrogens (tertiary/aromatic N) is 2. The van der Waals surface area contributed by atoms with Gasteiger partial charge in [-0.25, -0.2) is 9.78 Å². The summed E-state index contributed by atoms with van der Waals surface area (Å²) in [6.07, 6.45) is 1.46. The van der Waals surface area contributed by atoms with Gasteiger partial charge >= 0.3 is 6.09 Å². The number of pyridine rings is 1. The highest BCUT2D eigenvalue weighted by molar-refractivity contribution is 5.68. The van der Waals surface area contributed by atoms with E-state index >= 15 is 0 Å². The van der Waals surface area contributed by atoms with Crippen LogP contribution in [-0.2, 0) is 4.74 Å². The molecule has 0 N–H and O–H groups in total. The Balaban J connectivity index is 1.86. The van der Waals surface area contributed by atoms with Crippen LogP contribution in [0.4, 0.5) is 4.79 Å². The van der Waals surface area contributed by atoms with E-state index < -0.39 is 5.60 Å². The number of hydrogen-bond acceptors (Lipinski definition) is 4. The minimum Gasteiger partial charge on any atom is -0.474 e. The Labute approximate surface area is 132 Å². The SMILES string of the molecule is Cc1cc(C)nc(OC2CCN(C(=O)OC(C)(C)C)CC2)c1. The van der Waals surface area contributed by atoms with Crippen molar-refractivity contribution in [2.45, 2.75) is 59.2 Å². The molecular formula is C17H26N2O3. The molecule has 122 valence electrons. The van der Waals surface area contributed by atoms with Gasteiger partial charge in [0.25, 0.3) is 0 Å². The van der Waals surface area contributed by atoms with Crippen LogP contribution in [0.15, 0.2) is 12.1 Å². The summed E-state index contributed by atoms with van der Waals surface area (Å²) in [6.45, 7) is 11.0. The molecule has 1 aliphatic heterocycles. The number of carbonyl (C=O) groups is 1. The van der Waals surface area contributed by atoms with Crippen molar-refractivity contribution in [1.82, 2.24) is 9.88 Å². The second-order valence-electron chi connectivity index (χ2n) is 6.91. The molecule has 0 aliphatic carbocycles. The lowest BCUT2D eigenvalue weighted by Gasteiger charge is -2.33. The van der Waals surface area contributed by atoms with E-state index in [-0.39, 0.29) is 12.2 Å². The maximum Gasteiger partial charge on any atom is 0.410 e. The van der Waals surface area contributed by atoms with Gasteiger partial charge in [0.2, 0.25) is 5.88 Å². The molecule has 0 spiro atoms. The number of hydrogen-bond donors (Lipinski definition) is 0. The fraction of sp³-hybridized carbons (Fsp3) is 0.647. The number of rotatable bonds is 2. The zero-order valence-electron chi connectivity index (χ0n) is 14.2. The minimum atomic E-state index is -0.451. The standard InChI is InChI=1S/C17H26N2O3/c1-12-10-13(2)18-15(11-12)21-14-6-8-19(9-7-14)16(20)22-17(3,4)5/h10-11,14H,6-9H2,1-5H3. The van der Waals surface area contributed by atoms with E-state index in [0.29, 0.717) is 19.0 Å². The molecule has 5 heteroatoms. The minimum absolute atomic E-state index is 0.104. The summed E-state index contributed by atoms with van der Waals surface area (Å²) in [4.78, 5) is 18.2. The Morgan fingerprint density at radius 2 is 1.86 bits per heavy atom. The zero-order valence-corrected chi connectivity index (χ0v) is 14.2. The molecule has 1 saturated heterocycles. The summed E-state index contributed by atoms with van der Waals surface area (Å²) in [7, 11) is 0. The number of likely N-dealkylation sites (tertiary alicyclic amines) is 1. The first-order valence-electron chi connectivity index (χ1n) is 7.83. The average Bonchev–Trinajstić information content (AvgIpc) is 2.36. The van der Waals surface area contributed by atoms with Crippen molar-refractivity contribution in [1.29, 1.82) is 0 Å². The largest absolute Gasteiger partial charge is 0.474 e. The van der Waals surface area contributed by atoms with E-state index in [0.717, 1.165) is 24.1 Å². The van der Waals surface area contributed by atoms with Gasteiger partial charge in [0, 0.05) is 37.7 Å². The van der Waals surface area contributed by atoms with E-state index in [1.165, 1.54) is 0 Å². The number of aryl methyl sites for hydroxylation is 2. The molecule has 1 amide bonds. The fourth-order valence-electron chi connectivity index (χ4n) is 2.52. The molecule has 0 atom stereocenters. The van der Waals surface area contributed by atoms with Gasteiger partial charge < -0.3 is 14.4 Å². The maximum absolute atomic E-state index is 12.0. The molecular weight excluding hydrogens is 280 g/mol. The Bertz CT molecular complexity index is 509. The van der Waals surface area contributed by atoms with Gasteiger partial charge in [0.15, 0.2) is 0 Å². The first kappa shape index (κ1) is 16.6. The first-order chi connectivity index (χ1) is 10.2. The van der Waals surface area contributed by atoms with Gasteiger partial charge in [-0.3, -0.25) is 0 Å². The van der Waals surface area contributed by atoms with E-state index in [9.17, 15) is 4.79 Å². The van der Waals surface area contributed by atoms with Crippen molar-refractivity contribution < 1.29 is 14.3 Å². The molecule has 0 radical (unpaired) electrons. The second kappa shape index (κ2) is 6.55. The Hall–Kier alpha value is -1.78. The van der Waals surface area contributed by atoms with E-state index in [1.807, 2.05) is 46.8 Å². The van der Waals surface area contributed by atoms with Crippen molar-refractivity contribution in [3.8, 4) is 5.88 Å². The quantitative estimate of drug-likeness (QED) is 0.839. The van der Waals surface area contributed by atoms with Crippen molar-refractivity contribution in [2.24, 2.45) is 0 Å². The molecule has 0 bridgehead atoms. The third-order valence-corrected chi connectivity index (χ3v) is 3.46. The highest BCUT2D eigenvalue weighted by Crippen LogP contribution is 2.20. The normalized spacial score (nSPS) is 16.5. The first-order valence-corrected chi connectivity index (χ1v) is 7.83. The van der Waals surface area contributed by atoms with Crippen LogP contribution in [0.2, 0.25) is 0 Å². The number of ether oxygens (including phenoxy) is 2. The van der Waals surface area contributed by atoms with E-state index in [1.54, 1.807) is 4.90 Å². The van der Waals surface area contributed by atoms with Gasteiger partial charge in [0.1, 0.15) is 11.7 Å². The van der Waals surface area contributed by atoms with E-state index in [2.05, 4.69) is 4.98 Å². The predicted molar refractivity (Wildman–Crippen MR) is 85.2 cm³/mol. The summed E-state index contributed by atoms with van der Waals surface area (Å²) in [5, 5.41) is 0. The van der Waals surface area contributed by atoms with E-state index in [4.69, 9.17) is 9.47 Å². The molecule has 5 nitrogen and oxygen atoms in total. The Morgan fingerprint density at radius 3 is 2.41 bits per heavy atom. The summed E-state index contributed by atoms with van der Waals surface area (Å²) in [5.74, 6) is 0.674. The topological polar surface area (TPSA) is 51.7 Å². The molecule has 2 rings (SSSR count). The van der Waals surface area contributed by atoms with Gasteiger partial charge in [-0.2, -0.15) is 0 Å². The lowest BCUT2D eigenvalue weighted by Crippen LogP contribution is -2.44. The fourth-order valence-corrected chi connectivity index (χ4v) is 2.52. The third kappa shape index (κ3) is 4.90. The average molecular weight is 306 g/mol. The highest BCUT2D eigenvalue weighted by atomic mass is 16.6. The lowest BCUT2D eigenvalue weighted by atomic mass is 10.1. The van der Waals surface area contributed by atoms with Crippen LogP contribution in [-0.4, -0.2) is 40.8 Å².